The van der Waals surface area contributed by atoms with Crippen molar-refractivity contribution >= 4 is 23.2 Å². The summed E-state index contributed by atoms with van der Waals surface area (Å²) in [6, 6.07) is 4.30. The fourth-order valence-corrected chi connectivity index (χ4v) is 7.02. The molecule has 1 aromatic carbocycles. The first-order valence-corrected chi connectivity index (χ1v) is 15.8. The zero-order valence-electron chi connectivity index (χ0n) is 24.9. The van der Waals surface area contributed by atoms with Crippen molar-refractivity contribution in [3.05, 3.63) is 50.2 Å². The Kier molecular flexibility index (Phi) is 10.5. The number of carbonyl (C=O) groups is 2. The van der Waals surface area contributed by atoms with E-state index in [4.69, 9.17) is 4.74 Å². The second-order valence-electron chi connectivity index (χ2n) is 12.1. The fourth-order valence-electron chi connectivity index (χ4n) is 7.02. The van der Waals surface area contributed by atoms with Gasteiger partial charge in [-0.15, -0.1) is 10.2 Å². The molecule has 239 valence electrons. The number of hydrogen-bond donors (Lipinski definition) is 1. The summed E-state index contributed by atoms with van der Waals surface area (Å²) < 4.78 is 7.99. The van der Waals surface area contributed by atoms with E-state index in [1.54, 1.807) is 18.2 Å². The first-order valence-electron chi connectivity index (χ1n) is 15.8. The van der Waals surface area contributed by atoms with Gasteiger partial charge in [-0.3, -0.25) is 33.3 Å². The molecule has 12 nitrogen and oxygen atoms in total. The molecule has 6 rings (SSSR count). The minimum absolute atomic E-state index is 0. The first-order chi connectivity index (χ1) is 21.0. The number of aromatic nitrogens is 2. The summed E-state index contributed by atoms with van der Waals surface area (Å²) in [5, 5.41) is 19.7. The third-order valence-electron chi connectivity index (χ3n) is 9.35. The molecule has 3 fully saturated rings. The molecule has 0 atom stereocenters. The molecule has 2 saturated carbocycles. The summed E-state index contributed by atoms with van der Waals surface area (Å²) in [5.74, 6) is -1.32. The van der Waals surface area contributed by atoms with Crippen molar-refractivity contribution in [2.24, 2.45) is 10.2 Å². The first kappa shape index (κ1) is 32.3. The number of aromatic hydroxyl groups is 1. The number of fused-ring (bicyclic) bond motifs is 1. The van der Waals surface area contributed by atoms with E-state index in [9.17, 15) is 24.3 Å². The number of carbonyl (C=O) groups excluding carboxylic acids is 2. The van der Waals surface area contributed by atoms with Crippen LogP contribution in [0.2, 0.25) is 0 Å². The summed E-state index contributed by atoms with van der Waals surface area (Å²) in [7, 11) is 0. The van der Waals surface area contributed by atoms with Crippen LogP contribution in [0.4, 0.5) is 11.4 Å². The number of imide groups is 1. The van der Waals surface area contributed by atoms with Gasteiger partial charge < -0.3 is 9.84 Å². The Morgan fingerprint density at radius 2 is 1.43 bits per heavy atom. The van der Waals surface area contributed by atoms with Gasteiger partial charge in [0.15, 0.2) is 0 Å². The monoisotopic (exact) mass is 655 g/mol. The van der Waals surface area contributed by atoms with Crippen molar-refractivity contribution in [2.45, 2.75) is 82.7 Å². The number of benzene rings is 1. The van der Waals surface area contributed by atoms with Gasteiger partial charge in [-0.05, 0) is 44.2 Å². The van der Waals surface area contributed by atoms with Crippen molar-refractivity contribution in [1.29, 1.82) is 0 Å². The molecule has 0 unspecified atom stereocenters. The van der Waals surface area contributed by atoms with Gasteiger partial charge in [-0.25, -0.2) is 4.79 Å². The molecule has 1 aromatic heterocycles. The standard InChI is InChI=1S/C31H40N6O6.Cu/c38-27-23-13-7-14-24(25(23)28(39)35(27)16-8-15-34-17-19-43-20-18-34)32-33-26-29(40)36(21-9-3-1-4-10-21)31(42)37(30(26)41)22-11-5-2-6-12-22;/h7,13-14,21-22,40H,1-6,8-12,15-20H2;/q;+2. The van der Waals surface area contributed by atoms with Crippen molar-refractivity contribution in [1.82, 2.24) is 18.9 Å². The topological polar surface area (TPSA) is 139 Å². The smallest absolute Gasteiger partial charge is 0.493 e. The normalized spacial score (nSPS) is 20.3. The average molecular weight is 656 g/mol. The molecule has 0 bridgehead atoms. The predicted octanol–water partition coefficient (Wildman–Crippen LogP) is 4.46. The van der Waals surface area contributed by atoms with Crippen molar-refractivity contribution in [2.75, 3.05) is 39.4 Å². The van der Waals surface area contributed by atoms with E-state index >= 15 is 0 Å². The minimum Gasteiger partial charge on any atom is -0.493 e. The summed E-state index contributed by atoms with van der Waals surface area (Å²) in [5.41, 5.74) is -0.962. The molecule has 1 radical (unpaired) electrons. The predicted molar refractivity (Wildman–Crippen MR) is 159 cm³/mol. The number of nitrogens with zero attached hydrogens (tertiary/aromatic N) is 6. The van der Waals surface area contributed by atoms with Crippen LogP contribution in [0, 0.1) is 0 Å². The number of azo groups is 1. The zero-order chi connectivity index (χ0) is 29.9. The Morgan fingerprint density at radius 3 is 2.09 bits per heavy atom. The van der Waals surface area contributed by atoms with E-state index in [1.165, 1.54) is 14.0 Å². The van der Waals surface area contributed by atoms with Crippen molar-refractivity contribution < 1.29 is 36.5 Å². The maximum atomic E-state index is 13.7. The largest absolute Gasteiger partial charge is 2.00 e. The summed E-state index contributed by atoms with van der Waals surface area (Å²) >= 11 is 0. The molecule has 3 heterocycles. The van der Waals surface area contributed by atoms with Gasteiger partial charge in [0.2, 0.25) is 11.6 Å². The van der Waals surface area contributed by atoms with Gasteiger partial charge in [0.1, 0.15) is 0 Å². The van der Waals surface area contributed by atoms with Crippen LogP contribution in [-0.4, -0.2) is 75.2 Å². The molecule has 44 heavy (non-hydrogen) atoms. The average Bonchev–Trinajstić information content (AvgIpc) is 3.28. The van der Waals surface area contributed by atoms with E-state index in [-0.39, 0.29) is 64.1 Å². The van der Waals surface area contributed by atoms with E-state index in [1.807, 2.05) is 0 Å². The van der Waals surface area contributed by atoms with Crippen LogP contribution in [0.3, 0.4) is 0 Å². The molecule has 4 aliphatic rings. The van der Waals surface area contributed by atoms with Gasteiger partial charge in [-0.2, -0.15) is 0 Å². The molecular formula is C31H40CuN6O6+2. The molecule has 2 aliphatic carbocycles. The third-order valence-corrected chi connectivity index (χ3v) is 9.35. The van der Waals surface area contributed by atoms with E-state index in [2.05, 4.69) is 15.1 Å². The van der Waals surface area contributed by atoms with Crippen LogP contribution in [0.15, 0.2) is 38.0 Å². The van der Waals surface area contributed by atoms with Crippen LogP contribution >= 0.6 is 0 Å². The Morgan fingerprint density at radius 1 is 0.795 bits per heavy atom. The van der Waals surface area contributed by atoms with E-state index < -0.39 is 23.0 Å². The molecule has 13 heteroatoms. The van der Waals surface area contributed by atoms with E-state index in [0.717, 1.165) is 71.0 Å². The molecule has 2 aliphatic heterocycles. The SMILES string of the molecule is O=C1c2cccc(N=Nc3c(O)n(C4CCCCC4)c(=O)n(C4CCCCC4)c3=O)c2C(=O)N1CCCN1CCOCC1.[Cu+2]. The van der Waals surface area contributed by atoms with Gasteiger partial charge in [0.05, 0.1) is 30.0 Å². The summed E-state index contributed by atoms with van der Waals surface area (Å²) in [6.07, 6.45) is 9.38. The Hall–Kier alpha value is -3.12. The quantitative estimate of drug-likeness (QED) is 0.252. The summed E-state index contributed by atoms with van der Waals surface area (Å²) in [6.45, 7) is 4.06. The van der Waals surface area contributed by atoms with Crippen LogP contribution in [0.5, 0.6) is 5.88 Å². The van der Waals surface area contributed by atoms with E-state index in [0.29, 0.717) is 32.5 Å². The maximum Gasteiger partial charge on any atom is 2.00 e. The van der Waals surface area contributed by atoms with Gasteiger partial charge in [-0.1, -0.05) is 44.6 Å². The summed E-state index contributed by atoms with van der Waals surface area (Å²) in [4.78, 5) is 57.5. The van der Waals surface area contributed by atoms with Crippen molar-refractivity contribution in [3.8, 4) is 5.88 Å². The molecule has 1 N–H and O–H groups in total. The Bertz CT molecular complexity index is 1520. The van der Waals surface area contributed by atoms with Gasteiger partial charge in [0.25, 0.3) is 17.4 Å². The number of hydrogen-bond acceptors (Lipinski definition) is 9. The second-order valence-corrected chi connectivity index (χ2v) is 12.1. The third kappa shape index (κ3) is 6.33. The fraction of sp³-hybridized carbons (Fsp3) is 0.613. The van der Waals surface area contributed by atoms with Crippen LogP contribution < -0.4 is 11.2 Å². The maximum absolute atomic E-state index is 13.7. The second kappa shape index (κ2) is 14.3. The van der Waals surface area contributed by atoms with Crippen LogP contribution in [0.25, 0.3) is 0 Å². The number of morpholine rings is 1. The number of rotatable bonds is 8. The zero-order valence-corrected chi connectivity index (χ0v) is 25.8. The Labute approximate surface area is 266 Å². The molecular weight excluding hydrogens is 616 g/mol. The minimum atomic E-state index is -0.676. The number of ether oxygens (including phenoxy) is 1. The Balaban J connectivity index is 0.00000384. The molecule has 2 amide bonds. The van der Waals surface area contributed by atoms with Gasteiger partial charge in [0, 0.05) is 38.3 Å². The van der Waals surface area contributed by atoms with Crippen LogP contribution in [-0.2, 0) is 21.8 Å². The van der Waals surface area contributed by atoms with Crippen LogP contribution in [0.1, 0.15) is 103 Å². The molecule has 1 saturated heterocycles. The number of amides is 2. The van der Waals surface area contributed by atoms with Gasteiger partial charge >= 0.3 is 22.8 Å². The molecule has 2 aromatic rings. The molecule has 0 spiro atoms. The van der Waals surface area contributed by atoms with Crippen molar-refractivity contribution in [3.63, 3.8) is 0 Å².